The van der Waals surface area contributed by atoms with Crippen molar-refractivity contribution in [2.45, 2.75) is 19.3 Å². The largest absolute Gasteiger partial charge is 0.327 e. The Labute approximate surface area is 44.9 Å². The molecule has 1 aliphatic heterocycles. The van der Waals surface area contributed by atoms with Crippen LogP contribution < -0.4 is 0 Å². The molecule has 0 aliphatic carbocycles. The molecule has 1 heterocycles. The maximum atomic E-state index is 10.6. The highest BCUT2D eigenvalue weighted by Crippen LogP contribution is 2.28. The summed E-state index contributed by atoms with van der Waals surface area (Å²) in [6.45, 7) is 0. The molecule has 1 fully saturated rings. The third kappa shape index (κ3) is 1.65. The van der Waals surface area contributed by atoms with Crippen LogP contribution in [0.1, 0.15) is 19.3 Å². The molecule has 0 atom stereocenters. The van der Waals surface area contributed by atoms with E-state index in [0.717, 1.165) is 12.3 Å². The number of hydrogen-bond acceptors (Lipinski definition) is 1. The molecule has 1 saturated heterocycles. The van der Waals surface area contributed by atoms with Crippen molar-refractivity contribution in [3.05, 3.63) is 0 Å². The summed E-state index contributed by atoms with van der Waals surface area (Å²) >= 11 is 0. The Kier molecular flexibility index (Phi) is 1.93. The average Bonchev–Trinajstić information content (AvgIpc) is 1.69. The van der Waals surface area contributed by atoms with Gasteiger partial charge in [-0.2, -0.15) is 0 Å². The quantitative estimate of drug-likeness (QED) is 0.443. The van der Waals surface area contributed by atoms with Gasteiger partial charge >= 0.3 is 0 Å². The minimum absolute atomic E-state index is 1.03. The predicted molar refractivity (Wildman–Crippen MR) is 32.6 cm³/mol. The fourth-order valence-electron chi connectivity index (χ4n) is 0.946. The second kappa shape index (κ2) is 2.52. The molecular formula is C5H11OP. The molecule has 1 rings (SSSR count). The first kappa shape index (κ1) is 5.37. The SMILES string of the molecule is O=[PH]1CCCCC1. The summed E-state index contributed by atoms with van der Waals surface area (Å²) in [4.78, 5) is 0. The van der Waals surface area contributed by atoms with E-state index < -0.39 is 7.80 Å². The third-order valence-corrected chi connectivity index (χ3v) is 3.23. The summed E-state index contributed by atoms with van der Waals surface area (Å²) in [6.07, 6.45) is 5.82. The minimum atomic E-state index is -1.04. The zero-order valence-corrected chi connectivity index (χ0v) is 5.44. The van der Waals surface area contributed by atoms with Crippen molar-refractivity contribution in [1.82, 2.24) is 0 Å². The van der Waals surface area contributed by atoms with Gasteiger partial charge in [0.05, 0.1) is 7.80 Å². The van der Waals surface area contributed by atoms with E-state index in [1.807, 2.05) is 0 Å². The summed E-state index contributed by atoms with van der Waals surface area (Å²) < 4.78 is 10.6. The Bertz CT molecular complexity index is 72.1. The highest BCUT2D eigenvalue weighted by Gasteiger charge is 2.04. The van der Waals surface area contributed by atoms with Crippen LogP contribution in [0.15, 0.2) is 0 Å². The minimum Gasteiger partial charge on any atom is -0.327 e. The Morgan fingerprint density at radius 1 is 1.00 bits per heavy atom. The van der Waals surface area contributed by atoms with Gasteiger partial charge in [0.2, 0.25) is 0 Å². The lowest BCUT2D eigenvalue weighted by Crippen LogP contribution is -1.92. The van der Waals surface area contributed by atoms with Gasteiger partial charge in [-0.3, -0.25) is 0 Å². The summed E-state index contributed by atoms with van der Waals surface area (Å²) in [5, 5.41) is 0. The van der Waals surface area contributed by atoms with Crippen LogP contribution in [0.2, 0.25) is 0 Å². The van der Waals surface area contributed by atoms with Crippen LogP contribution in [0.3, 0.4) is 0 Å². The molecule has 0 aromatic carbocycles. The Morgan fingerprint density at radius 3 is 1.86 bits per heavy atom. The van der Waals surface area contributed by atoms with Crippen molar-refractivity contribution in [2.24, 2.45) is 0 Å². The first-order chi connectivity index (χ1) is 3.39. The van der Waals surface area contributed by atoms with E-state index >= 15 is 0 Å². The first-order valence-electron chi connectivity index (χ1n) is 2.91. The van der Waals surface area contributed by atoms with E-state index in [4.69, 9.17) is 0 Å². The van der Waals surface area contributed by atoms with Crippen LogP contribution in [0.4, 0.5) is 0 Å². The van der Waals surface area contributed by atoms with Crippen molar-refractivity contribution in [3.8, 4) is 0 Å². The van der Waals surface area contributed by atoms with Crippen molar-refractivity contribution >= 4 is 7.80 Å². The molecule has 0 aromatic rings. The van der Waals surface area contributed by atoms with Gasteiger partial charge in [-0.05, 0) is 25.2 Å². The van der Waals surface area contributed by atoms with Gasteiger partial charge in [-0.15, -0.1) is 0 Å². The summed E-state index contributed by atoms with van der Waals surface area (Å²) in [7, 11) is -1.04. The fourth-order valence-corrected chi connectivity index (χ4v) is 2.48. The highest BCUT2D eigenvalue weighted by molar-refractivity contribution is 7.44. The molecule has 1 nitrogen and oxygen atoms in total. The summed E-state index contributed by atoms with van der Waals surface area (Å²) in [6, 6.07) is 0. The topological polar surface area (TPSA) is 17.1 Å². The second-order valence-corrected chi connectivity index (χ2v) is 4.18. The van der Waals surface area contributed by atoms with Crippen LogP contribution in [-0.4, -0.2) is 12.3 Å². The normalized spacial score (nSPS) is 25.1. The summed E-state index contributed by atoms with van der Waals surface area (Å²) in [5.41, 5.74) is 0. The molecule has 0 bridgehead atoms. The van der Waals surface area contributed by atoms with Crippen molar-refractivity contribution in [2.75, 3.05) is 12.3 Å². The molecule has 1 aliphatic rings. The van der Waals surface area contributed by atoms with Crippen molar-refractivity contribution in [1.29, 1.82) is 0 Å². The van der Waals surface area contributed by atoms with Gasteiger partial charge in [0.25, 0.3) is 0 Å². The van der Waals surface area contributed by atoms with Crippen LogP contribution >= 0.6 is 7.80 Å². The molecule has 0 N–H and O–H groups in total. The van der Waals surface area contributed by atoms with Gasteiger partial charge in [-0.25, -0.2) is 0 Å². The van der Waals surface area contributed by atoms with E-state index in [-0.39, 0.29) is 0 Å². The first-order valence-corrected chi connectivity index (χ1v) is 4.73. The monoisotopic (exact) mass is 118 g/mol. The smallest absolute Gasteiger partial charge is 0.0762 e. The maximum Gasteiger partial charge on any atom is 0.0762 e. The van der Waals surface area contributed by atoms with Crippen molar-refractivity contribution < 1.29 is 4.57 Å². The summed E-state index contributed by atoms with van der Waals surface area (Å²) in [5.74, 6) is 0. The Balaban J connectivity index is 2.25. The van der Waals surface area contributed by atoms with Gasteiger partial charge in [0, 0.05) is 0 Å². The Hall–Kier alpha value is 0.230. The van der Waals surface area contributed by atoms with E-state index in [2.05, 4.69) is 0 Å². The zero-order chi connectivity index (χ0) is 5.11. The fraction of sp³-hybridized carbons (Fsp3) is 1.00. The zero-order valence-electron chi connectivity index (χ0n) is 4.44. The number of rotatable bonds is 0. The number of hydrogen-bond donors (Lipinski definition) is 0. The van der Waals surface area contributed by atoms with Crippen LogP contribution in [0, 0.1) is 0 Å². The lowest BCUT2D eigenvalue weighted by atomic mass is 10.3. The maximum absolute atomic E-state index is 10.6. The highest BCUT2D eigenvalue weighted by atomic mass is 31.1. The van der Waals surface area contributed by atoms with E-state index in [1.54, 1.807) is 0 Å². The predicted octanol–water partition coefficient (Wildman–Crippen LogP) is 1.73. The molecule has 2 heteroatoms. The van der Waals surface area contributed by atoms with Gasteiger partial charge in [0.15, 0.2) is 0 Å². The molecule has 0 amide bonds. The van der Waals surface area contributed by atoms with E-state index in [1.165, 1.54) is 19.3 Å². The lowest BCUT2D eigenvalue weighted by Gasteiger charge is -2.06. The third-order valence-electron chi connectivity index (χ3n) is 1.41. The van der Waals surface area contributed by atoms with E-state index in [9.17, 15) is 4.57 Å². The molecule has 0 unspecified atom stereocenters. The van der Waals surface area contributed by atoms with Crippen LogP contribution in [0.25, 0.3) is 0 Å². The van der Waals surface area contributed by atoms with Crippen molar-refractivity contribution in [3.63, 3.8) is 0 Å². The van der Waals surface area contributed by atoms with Gasteiger partial charge < -0.3 is 4.57 Å². The molecular weight excluding hydrogens is 107 g/mol. The van der Waals surface area contributed by atoms with Gasteiger partial charge in [-0.1, -0.05) is 6.42 Å². The molecule has 0 spiro atoms. The van der Waals surface area contributed by atoms with E-state index in [0.29, 0.717) is 0 Å². The van der Waals surface area contributed by atoms with Crippen LogP contribution in [0.5, 0.6) is 0 Å². The average molecular weight is 118 g/mol. The standard InChI is InChI=1S/C5H11OP/c6-7-4-2-1-3-5-7/h7H,1-5H2. The Morgan fingerprint density at radius 2 is 1.57 bits per heavy atom. The molecule has 0 saturated carbocycles. The molecule has 7 heavy (non-hydrogen) atoms. The van der Waals surface area contributed by atoms with Crippen LogP contribution in [-0.2, 0) is 4.57 Å². The molecule has 42 valence electrons. The lowest BCUT2D eigenvalue weighted by molar-refractivity contribution is 0.575. The second-order valence-electron chi connectivity index (χ2n) is 2.10. The molecule has 0 radical (unpaired) electrons. The van der Waals surface area contributed by atoms with Gasteiger partial charge in [0.1, 0.15) is 0 Å². The molecule has 0 aromatic heterocycles.